The molecule has 0 spiro atoms. The Morgan fingerprint density at radius 2 is 1.38 bits per heavy atom. The van der Waals surface area contributed by atoms with Crippen LogP contribution in [0.15, 0.2) is 58.1 Å². The summed E-state index contributed by atoms with van der Waals surface area (Å²) in [5.74, 6) is -1.94. The number of aromatic amines is 4. The lowest BCUT2D eigenvalue weighted by Gasteiger charge is -2.16. The predicted octanol–water partition coefficient (Wildman–Crippen LogP) is 3.30. The SMILES string of the molecule is Cc1[nH][nH]c(=O)c1C(c1ccc(OC(=O)c2ccccc2F)cc1)c1c(C)[nH][nH]c1=O.Cl. The van der Waals surface area contributed by atoms with Gasteiger partial charge in [-0.2, -0.15) is 0 Å². The molecule has 8 nitrogen and oxygen atoms in total. The zero-order chi connectivity index (χ0) is 22.1. The summed E-state index contributed by atoms with van der Waals surface area (Å²) in [4.78, 5) is 37.2. The Morgan fingerprint density at radius 1 is 0.844 bits per heavy atom. The number of aromatic nitrogens is 4. The van der Waals surface area contributed by atoms with Crippen molar-refractivity contribution >= 4 is 18.4 Å². The lowest BCUT2D eigenvalue weighted by molar-refractivity contribution is 0.0730. The fraction of sp³-hybridized carbons (Fsp3) is 0.136. The fourth-order valence-corrected chi connectivity index (χ4v) is 3.60. The third kappa shape index (κ3) is 4.15. The maximum atomic E-state index is 13.8. The number of carbonyl (C=O) groups excluding carboxylic acids is 1. The summed E-state index contributed by atoms with van der Waals surface area (Å²) in [6, 6.07) is 11.9. The molecule has 0 unspecified atom stereocenters. The number of esters is 1. The van der Waals surface area contributed by atoms with E-state index in [2.05, 4.69) is 20.4 Å². The number of halogens is 2. The van der Waals surface area contributed by atoms with E-state index in [0.29, 0.717) is 28.1 Å². The molecule has 2 aromatic heterocycles. The van der Waals surface area contributed by atoms with Gasteiger partial charge in [-0.05, 0) is 43.7 Å². The van der Waals surface area contributed by atoms with Crippen LogP contribution in [0.25, 0.3) is 0 Å². The van der Waals surface area contributed by atoms with Gasteiger partial charge in [0.25, 0.3) is 11.1 Å². The number of hydrogen-bond donors (Lipinski definition) is 4. The third-order valence-corrected chi connectivity index (χ3v) is 5.12. The van der Waals surface area contributed by atoms with Crippen molar-refractivity contribution < 1.29 is 13.9 Å². The van der Waals surface area contributed by atoms with Crippen molar-refractivity contribution in [1.29, 1.82) is 0 Å². The molecule has 2 aromatic carbocycles. The van der Waals surface area contributed by atoms with E-state index in [4.69, 9.17) is 4.74 Å². The fourth-order valence-electron chi connectivity index (χ4n) is 3.60. The van der Waals surface area contributed by atoms with Gasteiger partial charge in [-0.25, -0.2) is 9.18 Å². The summed E-state index contributed by atoms with van der Waals surface area (Å²) in [5, 5.41) is 10.7. The molecule has 0 bridgehead atoms. The summed E-state index contributed by atoms with van der Waals surface area (Å²) in [5.41, 5.74) is 1.82. The Morgan fingerprint density at radius 3 is 1.84 bits per heavy atom. The zero-order valence-corrected chi connectivity index (χ0v) is 17.9. The molecule has 10 heteroatoms. The van der Waals surface area contributed by atoms with Crippen LogP contribution < -0.4 is 15.9 Å². The number of aryl methyl sites for hydroxylation is 2. The normalized spacial score (nSPS) is 10.8. The van der Waals surface area contributed by atoms with Gasteiger partial charge in [0.2, 0.25) is 0 Å². The lowest BCUT2D eigenvalue weighted by Crippen LogP contribution is -2.20. The van der Waals surface area contributed by atoms with Crippen molar-refractivity contribution in [2.24, 2.45) is 0 Å². The second-order valence-corrected chi connectivity index (χ2v) is 7.11. The second-order valence-electron chi connectivity index (χ2n) is 7.11. The van der Waals surface area contributed by atoms with Gasteiger partial charge < -0.3 is 14.9 Å². The molecule has 0 saturated heterocycles. The monoisotopic (exact) mass is 458 g/mol. The molecule has 0 aliphatic rings. The Kier molecular flexibility index (Phi) is 6.50. The molecule has 0 amide bonds. The summed E-state index contributed by atoms with van der Waals surface area (Å²) in [6.45, 7) is 3.47. The maximum absolute atomic E-state index is 13.8. The van der Waals surface area contributed by atoms with Gasteiger partial charge in [-0.1, -0.05) is 24.3 Å². The molecule has 2 heterocycles. The van der Waals surface area contributed by atoms with Crippen LogP contribution in [0.3, 0.4) is 0 Å². The molecule has 0 fully saturated rings. The summed E-state index contributed by atoms with van der Waals surface area (Å²) in [6.07, 6.45) is 0. The Labute approximate surface area is 187 Å². The van der Waals surface area contributed by atoms with Gasteiger partial charge in [0.15, 0.2) is 0 Å². The summed E-state index contributed by atoms with van der Waals surface area (Å²) in [7, 11) is 0. The standard InChI is InChI=1S/C22H19FN4O4.ClH/c1-11-17(20(28)26-24-11)19(18-12(2)25-27-21(18)29)13-7-9-14(10-8-13)31-22(30)15-5-3-4-6-16(15)23;/h3-10,19H,1-2H3,(H2,24,26,28)(H2,25,27,29);1H. The molecule has 0 aliphatic heterocycles. The van der Waals surface area contributed by atoms with Crippen molar-refractivity contribution in [3.05, 3.63) is 109 Å². The van der Waals surface area contributed by atoms with Gasteiger partial charge in [0.05, 0.1) is 16.7 Å². The Bertz CT molecular complexity index is 1310. The number of ether oxygens (including phenoxy) is 1. The van der Waals surface area contributed by atoms with E-state index in [1.807, 2.05) is 0 Å². The molecule has 0 radical (unpaired) electrons. The van der Waals surface area contributed by atoms with Gasteiger partial charge in [-0.3, -0.25) is 19.8 Å². The largest absolute Gasteiger partial charge is 0.423 e. The Hall–Kier alpha value is -3.85. The molecule has 32 heavy (non-hydrogen) atoms. The quantitative estimate of drug-likeness (QED) is 0.270. The van der Waals surface area contributed by atoms with E-state index >= 15 is 0 Å². The minimum atomic E-state index is -0.821. The summed E-state index contributed by atoms with van der Waals surface area (Å²) < 4.78 is 19.1. The first-order valence-electron chi connectivity index (χ1n) is 9.47. The van der Waals surface area contributed by atoms with Crippen molar-refractivity contribution in [2.75, 3.05) is 0 Å². The van der Waals surface area contributed by atoms with Crippen LogP contribution >= 0.6 is 12.4 Å². The van der Waals surface area contributed by atoms with Crippen LogP contribution in [-0.4, -0.2) is 26.4 Å². The number of nitrogens with one attached hydrogen (secondary N) is 4. The maximum Gasteiger partial charge on any atom is 0.346 e. The van der Waals surface area contributed by atoms with Crippen LogP contribution in [0.1, 0.15) is 44.4 Å². The van der Waals surface area contributed by atoms with E-state index in [1.165, 1.54) is 30.3 Å². The van der Waals surface area contributed by atoms with Crippen molar-refractivity contribution in [2.45, 2.75) is 19.8 Å². The smallest absolute Gasteiger partial charge is 0.346 e. The Balaban J connectivity index is 0.00000289. The molecule has 4 aromatic rings. The molecule has 0 aliphatic carbocycles. The first-order valence-corrected chi connectivity index (χ1v) is 9.47. The minimum Gasteiger partial charge on any atom is -0.423 e. The van der Waals surface area contributed by atoms with Crippen molar-refractivity contribution in [3.8, 4) is 5.75 Å². The average Bonchev–Trinajstić information content (AvgIpc) is 3.26. The highest BCUT2D eigenvalue weighted by molar-refractivity contribution is 5.91. The third-order valence-electron chi connectivity index (χ3n) is 5.12. The average molecular weight is 459 g/mol. The summed E-state index contributed by atoms with van der Waals surface area (Å²) >= 11 is 0. The van der Waals surface area contributed by atoms with Crippen LogP contribution in [0.4, 0.5) is 4.39 Å². The van der Waals surface area contributed by atoms with E-state index < -0.39 is 17.7 Å². The second kappa shape index (κ2) is 9.11. The molecule has 0 atom stereocenters. The molecule has 4 N–H and O–H groups in total. The van der Waals surface area contributed by atoms with E-state index in [0.717, 1.165) is 0 Å². The van der Waals surface area contributed by atoms with Gasteiger partial charge >= 0.3 is 5.97 Å². The predicted molar refractivity (Wildman–Crippen MR) is 118 cm³/mol. The highest BCUT2D eigenvalue weighted by atomic mass is 35.5. The van der Waals surface area contributed by atoms with Gasteiger partial charge in [-0.15, -0.1) is 12.4 Å². The molecular weight excluding hydrogens is 439 g/mol. The first kappa shape index (κ1) is 22.8. The molecule has 0 saturated carbocycles. The van der Waals surface area contributed by atoms with Gasteiger partial charge in [0.1, 0.15) is 11.6 Å². The highest BCUT2D eigenvalue weighted by Gasteiger charge is 2.28. The lowest BCUT2D eigenvalue weighted by atomic mass is 9.85. The van der Waals surface area contributed by atoms with E-state index in [9.17, 15) is 18.8 Å². The first-order chi connectivity index (χ1) is 14.9. The van der Waals surface area contributed by atoms with Crippen molar-refractivity contribution in [1.82, 2.24) is 20.4 Å². The molecule has 166 valence electrons. The number of carbonyl (C=O) groups is 1. The number of H-pyrrole nitrogens is 4. The van der Waals surface area contributed by atoms with Crippen LogP contribution in [0.5, 0.6) is 5.75 Å². The van der Waals surface area contributed by atoms with Gasteiger partial charge in [0, 0.05) is 17.3 Å². The highest BCUT2D eigenvalue weighted by Crippen LogP contribution is 2.32. The van der Waals surface area contributed by atoms with Crippen molar-refractivity contribution in [3.63, 3.8) is 0 Å². The number of benzene rings is 2. The van der Waals surface area contributed by atoms with E-state index in [1.54, 1.807) is 32.0 Å². The zero-order valence-electron chi connectivity index (χ0n) is 17.1. The topological polar surface area (TPSA) is 124 Å². The van der Waals surface area contributed by atoms with E-state index in [-0.39, 0.29) is 34.8 Å². The minimum absolute atomic E-state index is 0. The molecular formula is C22H20ClFN4O4. The van der Waals surface area contributed by atoms with Crippen LogP contribution in [0, 0.1) is 19.7 Å². The van der Waals surface area contributed by atoms with Crippen LogP contribution in [0.2, 0.25) is 0 Å². The number of rotatable bonds is 5. The number of hydrogen-bond acceptors (Lipinski definition) is 4. The van der Waals surface area contributed by atoms with Crippen LogP contribution in [-0.2, 0) is 0 Å². The molecule has 4 rings (SSSR count).